The predicted octanol–water partition coefficient (Wildman–Crippen LogP) is 1.54. The van der Waals surface area contributed by atoms with Crippen LogP contribution in [0, 0.1) is 13.8 Å². The van der Waals surface area contributed by atoms with Crippen molar-refractivity contribution in [1.82, 2.24) is 10.2 Å². The SMILES string of the molecule is Cc1ccc(NC(=O)CN2CCNC[C@@H]2C)cc1C. The Hall–Kier alpha value is -1.39. The number of anilines is 1. The molecular weight excluding hydrogens is 238 g/mol. The number of carbonyl (C=O) groups excluding carboxylic acids is 1. The molecule has 0 aliphatic carbocycles. The number of amides is 1. The fourth-order valence-corrected chi connectivity index (χ4v) is 2.32. The largest absolute Gasteiger partial charge is 0.325 e. The fourth-order valence-electron chi connectivity index (χ4n) is 2.32. The minimum atomic E-state index is 0.0667. The van der Waals surface area contributed by atoms with Gasteiger partial charge in [0.25, 0.3) is 0 Å². The Morgan fingerprint density at radius 2 is 2.21 bits per heavy atom. The van der Waals surface area contributed by atoms with Gasteiger partial charge in [-0.25, -0.2) is 0 Å². The van der Waals surface area contributed by atoms with E-state index < -0.39 is 0 Å². The van der Waals surface area contributed by atoms with Gasteiger partial charge in [-0.15, -0.1) is 0 Å². The molecule has 1 atom stereocenters. The lowest BCUT2D eigenvalue weighted by Gasteiger charge is -2.33. The molecule has 0 radical (unpaired) electrons. The Bertz CT molecular complexity index is 459. The van der Waals surface area contributed by atoms with E-state index in [0.717, 1.165) is 25.3 Å². The standard InChI is InChI=1S/C15H23N3O/c1-11-4-5-14(8-12(11)2)17-15(19)10-18-7-6-16-9-13(18)3/h4-5,8,13,16H,6-7,9-10H2,1-3H3,(H,17,19)/t13-/m0/s1. The maximum Gasteiger partial charge on any atom is 0.238 e. The zero-order chi connectivity index (χ0) is 13.8. The molecule has 0 saturated carbocycles. The fraction of sp³-hybridized carbons (Fsp3) is 0.533. The molecule has 0 spiro atoms. The molecule has 1 aliphatic heterocycles. The van der Waals surface area contributed by atoms with E-state index in [4.69, 9.17) is 0 Å². The van der Waals surface area contributed by atoms with Crippen molar-refractivity contribution >= 4 is 11.6 Å². The van der Waals surface area contributed by atoms with Gasteiger partial charge in [-0.2, -0.15) is 0 Å². The molecule has 1 heterocycles. The first-order valence-electron chi connectivity index (χ1n) is 6.88. The number of nitrogens with zero attached hydrogens (tertiary/aromatic N) is 1. The van der Waals surface area contributed by atoms with Gasteiger partial charge < -0.3 is 10.6 Å². The monoisotopic (exact) mass is 261 g/mol. The number of hydrogen-bond acceptors (Lipinski definition) is 3. The molecule has 19 heavy (non-hydrogen) atoms. The number of rotatable bonds is 3. The van der Waals surface area contributed by atoms with Crippen LogP contribution >= 0.6 is 0 Å². The van der Waals surface area contributed by atoms with Crippen molar-refractivity contribution < 1.29 is 4.79 Å². The zero-order valence-corrected chi connectivity index (χ0v) is 12.0. The molecule has 1 fully saturated rings. The summed E-state index contributed by atoms with van der Waals surface area (Å²) in [6, 6.07) is 6.44. The highest BCUT2D eigenvalue weighted by Crippen LogP contribution is 2.14. The molecular formula is C15H23N3O. The van der Waals surface area contributed by atoms with Crippen LogP contribution in [0.3, 0.4) is 0 Å². The maximum absolute atomic E-state index is 12.0. The summed E-state index contributed by atoms with van der Waals surface area (Å²) in [7, 11) is 0. The molecule has 1 aromatic rings. The molecule has 104 valence electrons. The third kappa shape index (κ3) is 3.78. The van der Waals surface area contributed by atoms with Crippen molar-refractivity contribution in [3.63, 3.8) is 0 Å². The third-order valence-corrected chi connectivity index (χ3v) is 3.78. The van der Waals surface area contributed by atoms with E-state index in [0.29, 0.717) is 12.6 Å². The summed E-state index contributed by atoms with van der Waals surface area (Å²) in [5.74, 6) is 0.0667. The van der Waals surface area contributed by atoms with E-state index in [-0.39, 0.29) is 5.91 Å². The van der Waals surface area contributed by atoms with Gasteiger partial charge >= 0.3 is 0 Å². The van der Waals surface area contributed by atoms with E-state index in [2.05, 4.69) is 36.3 Å². The van der Waals surface area contributed by atoms with Crippen molar-refractivity contribution in [2.24, 2.45) is 0 Å². The summed E-state index contributed by atoms with van der Waals surface area (Å²) >= 11 is 0. The number of hydrogen-bond donors (Lipinski definition) is 2. The van der Waals surface area contributed by atoms with Crippen LogP contribution in [0.2, 0.25) is 0 Å². The summed E-state index contributed by atoms with van der Waals surface area (Å²) in [6.07, 6.45) is 0. The van der Waals surface area contributed by atoms with Gasteiger partial charge in [0.05, 0.1) is 6.54 Å². The topological polar surface area (TPSA) is 44.4 Å². The van der Waals surface area contributed by atoms with Crippen LogP contribution in [-0.2, 0) is 4.79 Å². The van der Waals surface area contributed by atoms with Crippen molar-refractivity contribution in [2.75, 3.05) is 31.5 Å². The third-order valence-electron chi connectivity index (χ3n) is 3.78. The van der Waals surface area contributed by atoms with Gasteiger partial charge in [0.1, 0.15) is 0 Å². The molecule has 4 heteroatoms. The van der Waals surface area contributed by atoms with Crippen molar-refractivity contribution in [1.29, 1.82) is 0 Å². The maximum atomic E-state index is 12.0. The van der Waals surface area contributed by atoms with Crippen LogP contribution < -0.4 is 10.6 Å². The number of nitrogens with one attached hydrogen (secondary N) is 2. The molecule has 1 amide bonds. The molecule has 1 saturated heterocycles. The molecule has 0 aromatic heterocycles. The minimum absolute atomic E-state index is 0.0667. The van der Waals surface area contributed by atoms with Crippen LogP contribution in [-0.4, -0.2) is 43.0 Å². The van der Waals surface area contributed by atoms with Gasteiger partial charge in [0.2, 0.25) is 5.91 Å². The van der Waals surface area contributed by atoms with Crippen molar-refractivity contribution in [2.45, 2.75) is 26.8 Å². The Morgan fingerprint density at radius 1 is 1.42 bits per heavy atom. The first kappa shape index (κ1) is 14.0. The Kier molecular flexibility index (Phi) is 4.56. The molecule has 1 aromatic carbocycles. The molecule has 4 nitrogen and oxygen atoms in total. The second-order valence-electron chi connectivity index (χ2n) is 5.37. The number of carbonyl (C=O) groups is 1. The molecule has 2 rings (SSSR count). The lowest BCUT2D eigenvalue weighted by molar-refractivity contribution is -0.118. The Morgan fingerprint density at radius 3 is 2.89 bits per heavy atom. The normalized spacial score (nSPS) is 20.3. The minimum Gasteiger partial charge on any atom is -0.325 e. The number of benzene rings is 1. The van der Waals surface area contributed by atoms with Gasteiger partial charge in [0.15, 0.2) is 0 Å². The summed E-state index contributed by atoms with van der Waals surface area (Å²) in [5.41, 5.74) is 3.33. The Balaban J connectivity index is 1.91. The van der Waals surface area contributed by atoms with E-state index in [1.54, 1.807) is 0 Å². The Labute approximate surface area is 115 Å². The van der Waals surface area contributed by atoms with E-state index in [1.165, 1.54) is 11.1 Å². The first-order chi connectivity index (χ1) is 9.06. The second-order valence-corrected chi connectivity index (χ2v) is 5.37. The molecule has 1 aliphatic rings. The van der Waals surface area contributed by atoms with Crippen LogP contribution in [0.25, 0.3) is 0 Å². The zero-order valence-electron chi connectivity index (χ0n) is 12.0. The average molecular weight is 261 g/mol. The van der Waals surface area contributed by atoms with Gasteiger partial charge in [0, 0.05) is 31.4 Å². The van der Waals surface area contributed by atoms with Crippen molar-refractivity contribution in [3.8, 4) is 0 Å². The number of aryl methyl sites for hydroxylation is 2. The van der Waals surface area contributed by atoms with Crippen LogP contribution in [0.1, 0.15) is 18.1 Å². The lowest BCUT2D eigenvalue weighted by Crippen LogP contribution is -2.51. The van der Waals surface area contributed by atoms with Gasteiger partial charge in [-0.05, 0) is 44.0 Å². The van der Waals surface area contributed by atoms with Crippen LogP contribution in [0.15, 0.2) is 18.2 Å². The summed E-state index contributed by atoms with van der Waals surface area (Å²) in [6.45, 7) is 9.59. The van der Waals surface area contributed by atoms with Crippen LogP contribution in [0.4, 0.5) is 5.69 Å². The first-order valence-corrected chi connectivity index (χ1v) is 6.88. The van der Waals surface area contributed by atoms with Gasteiger partial charge in [-0.3, -0.25) is 9.69 Å². The second kappa shape index (κ2) is 6.17. The van der Waals surface area contributed by atoms with E-state index in [1.807, 2.05) is 18.2 Å². The highest BCUT2D eigenvalue weighted by Gasteiger charge is 2.20. The van der Waals surface area contributed by atoms with Crippen molar-refractivity contribution in [3.05, 3.63) is 29.3 Å². The summed E-state index contributed by atoms with van der Waals surface area (Å²) < 4.78 is 0. The summed E-state index contributed by atoms with van der Waals surface area (Å²) in [4.78, 5) is 14.3. The molecule has 2 N–H and O–H groups in total. The van der Waals surface area contributed by atoms with E-state index in [9.17, 15) is 4.79 Å². The quantitative estimate of drug-likeness (QED) is 0.867. The predicted molar refractivity (Wildman–Crippen MR) is 78.5 cm³/mol. The highest BCUT2D eigenvalue weighted by molar-refractivity contribution is 5.92. The molecule has 0 bridgehead atoms. The van der Waals surface area contributed by atoms with E-state index >= 15 is 0 Å². The smallest absolute Gasteiger partial charge is 0.238 e. The molecule has 0 unspecified atom stereocenters. The van der Waals surface area contributed by atoms with Crippen LogP contribution in [0.5, 0.6) is 0 Å². The lowest BCUT2D eigenvalue weighted by atomic mass is 10.1. The average Bonchev–Trinajstić information content (AvgIpc) is 2.37. The summed E-state index contributed by atoms with van der Waals surface area (Å²) in [5, 5.41) is 6.30. The highest BCUT2D eigenvalue weighted by atomic mass is 16.2. The number of piperazine rings is 1. The van der Waals surface area contributed by atoms with Gasteiger partial charge in [-0.1, -0.05) is 6.07 Å².